The van der Waals surface area contributed by atoms with Gasteiger partial charge in [0.1, 0.15) is 0 Å². The fourth-order valence-electron chi connectivity index (χ4n) is 4.01. The van der Waals surface area contributed by atoms with Gasteiger partial charge < -0.3 is 0 Å². The van der Waals surface area contributed by atoms with Crippen molar-refractivity contribution >= 4 is 30.3 Å². The normalized spacial score (nSPS) is 12.7. The van der Waals surface area contributed by atoms with Gasteiger partial charge in [-0.15, -0.1) is 0 Å². The van der Waals surface area contributed by atoms with E-state index >= 15 is 0 Å². The summed E-state index contributed by atoms with van der Waals surface area (Å²) >= 11 is 0. The molecule has 0 heterocycles. The molecule has 0 atom stereocenters. The van der Waals surface area contributed by atoms with Crippen LogP contribution in [0.2, 0.25) is 0 Å². The van der Waals surface area contributed by atoms with Crippen LogP contribution in [0.4, 0.5) is 0 Å². The summed E-state index contributed by atoms with van der Waals surface area (Å²) in [7, 11) is -13.1. The predicted octanol–water partition coefficient (Wildman–Crippen LogP) is 3.58. The number of aryl methyl sites for hydroxylation is 3. The number of hydrogen-bond acceptors (Lipinski definition) is 6. The van der Waals surface area contributed by atoms with Gasteiger partial charge >= 0.3 is 0 Å². The molecule has 0 saturated carbocycles. The maximum atomic E-state index is 13.6. The van der Waals surface area contributed by atoms with Gasteiger partial charge in [-0.2, -0.15) is 21.1 Å². The van der Waals surface area contributed by atoms with E-state index in [-0.39, 0.29) is 51.7 Å². The van der Waals surface area contributed by atoms with Gasteiger partial charge in [0.2, 0.25) is 10.0 Å². The fourth-order valence-corrected chi connectivity index (χ4v) is 6.92. The van der Waals surface area contributed by atoms with E-state index < -0.39 is 30.3 Å². The third kappa shape index (κ3) is 7.24. The van der Waals surface area contributed by atoms with Crippen LogP contribution in [-0.2, 0) is 43.1 Å². The van der Waals surface area contributed by atoms with Gasteiger partial charge in [-0.1, -0.05) is 53.1 Å². The molecular weight excluding hydrogens is 538 g/mol. The van der Waals surface area contributed by atoms with Crippen molar-refractivity contribution in [1.29, 1.82) is 0 Å². The average Bonchev–Trinajstić information content (AvgIpc) is 2.77. The summed E-state index contributed by atoms with van der Waals surface area (Å²) in [4.78, 5) is -0.590. The molecule has 37 heavy (non-hydrogen) atoms. The minimum atomic E-state index is -4.53. The van der Waals surface area contributed by atoms with E-state index in [4.69, 9.17) is 0 Å². The first kappa shape index (κ1) is 29.0. The van der Waals surface area contributed by atoms with Crippen LogP contribution in [0.15, 0.2) is 75.4 Å². The molecule has 0 saturated heterocycles. The highest BCUT2D eigenvalue weighted by molar-refractivity contribution is 7.89. The number of rotatable bonds is 10. The van der Waals surface area contributed by atoms with Crippen LogP contribution in [-0.4, -0.2) is 51.8 Å². The summed E-state index contributed by atoms with van der Waals surface area (Å²) in [5, 5.41) is 0. The van der Waals surface area contributed by atoms with Gasteiger partial charge in [-0.05, 0) is 69.0 Å². The SMILES string of the molecule is Cc1ccc(S(=O)(=O)N(CCc2cc(C)ccc2S(=O)(=O)O)CCc2cc(C)ccc2S(=O)(=O)O)cc1. The lowest BCUT2D eigenvalue weighted by Crippen LogP contribution is -2.35. The minimum absolute atomic E-state index is 0.0246. The van der Waals surface area contributed by atoms with E-state index in [1.54, 1.807) is 38.1 Å². The van der Waals surface area contributed by atoms with E-state index in [0.29, 0.717) is 0 Å². The van der Waals surface area contributed by atoms with Gasteiger partial charge in [-0.25, -0.2) is 8.42 Å². The molecular formula is C25H29NO8S3. The highest BCUT2D eigenvalue weighted by Gasteiger charge is 2.26. The van der Waals surface area contributed by atoms with E-state index in [9.17, 15) is 34.4 Å². The standard InChI is InChI=1S/C25H29NO8S3/c1-18-4-8-23(9-5-18)35(27,28)26(14-12-21-16-19(2)6-10-24(21)36(29,30)31)15-13-22-17-20(3)7-11-25(22)37(32,33)34/h4-11,16-17H,12-15H2,1-3H3,(H,29,30,31)(H,32,33,34). The Morgan fingerprint density at radius 3 is 1.35 bits per heavy atom. The molecule has 3 rings (SSSR count). The van der Waals surface area contributed by atoms with E-state index in [1.165, 1.54) is 36.4 Å². The Labute approximate surface area is 218 Å². The van der Waals surface area contributed by atoms with Gasteiger partial charge in [0, 0.05) is 13.1 Å². The first-order valence-electron chi connectivity index (χ1n) is 11.3. The summed E-state index contributed by atoms with van der Waals surface area (Å²) in [6.45, 7) is 5.02. The van der Waals surface area contributed by atoms with Crippen LogP contribution in [0.25, 0.3) is 0 Å². The zero-order valence-corrected chi connectivity index (χ0v) is 23.1. The van der Waals surface area contributed by atoms with Gasteiger partial charge in [0.15, 0.2) is 0 Å². The highest BCUT2D eigenvalue weighted by atomic mass is 32.2. The number of benzene rings is 3. The number of nitrogens with zero attached hydrogens (tertiary/aromatic N) is 1. The lowest BCUT2D eigenvalue weighted by Gasteiger charge is -2.23. The van der Waals surface area contributed by atoms with Gasteiger partial charge in [0.05, 0.1) is 14.7 Å². The Bertz CT molecular complexity index is 1530. The molecule has 0 aliphatic carbocycles. The zero-order valence-electron chi connectivity index (χ0n) is 20.6. The molecule has 0 radical (unpaired) electrons. The quantitative estimate of drug-likeness (QED) is 0.354. The maximum absolute atomic E-state index is 13.6. The van der Waals surface area contributed by atoms with Crippen molar-refractivity contribution < 1.29 is 34.4 Å². The second-order valence-electron chi connectivity index (χ2n) is 8.89. The first-order valence-corrected chi connectivity index (χ1v) is 15.6. The van der Waals surface area contributed by atoms with Gasteiger partial charge in [-0.3, -0.25) is 9.11 Å². The van der Waals surface area contributed by atoms with E-state index in [1.807, 2.05) is 6.92 Å². The van der Waals surface area contributed by atoms with Crippen LogP contribution >= 0.6 is 0 Å². The van der Waals surface area contributed by atoms with Crippen molar-refractivity contribution in [2.45, 2.75) is 48.3 Å². The molecule has 0 aromatic heterocycles. The lowest BCUT2D eigenvalue weighted by molar-refractivity contribution is 0.414. The van der Waals surface area contributed by atoms with Crippen molar-refractivity contribution in [1.82, 2.24) is 4.31 Å². The van der Waals surface area contributed by atoms with E-state index in [2.05, 4.69) is 0 Å². The second-order valence-corrected chi connectivity index (χ2v) is 13.6. The summed E-state index contributed by atoms with van der Waals surface area (Å²) < 4.78 is 95.1. The van der Waals surface area contributed by atoms with Crippen molar-refractivity contribution in [3.05, 3.63) is 88.5 Å². The Morgan fingerprint density at radius 2 is 0.973 bits per heavy atom. The molecule has 0 amide bonds. The monoisotopic (exact) mass is 567 g/mol. The molecule has 0 fully saturated rings. The summed E-state index contributed by atoms with van der Waals surface area (Å²) in [5.41, 5.74) is 2.82. The smallest absolute Gasteiger partial charge is 0.282 e. The second kappa shape index (κ2) is 11.0. The molecule has 0 bridgehead atoms. The van der Waals surface area contributed by atoms with Crippen LogP contribution in [0, 0.1) is 20.8 Å². The summed E-state index contributed by atoms with van der Waals surface area (Å²) in [6.07, 6.45) is -0.0538. The molecule has 0 spiro atoms. The largest absolute Gasteiger partial charge is 0.294 e. The van der Waals surface area contributed by atoms with Crippen molar-refractivity contribution in [3.8, 4) is 0 Å². The fraction of sp³-hybridized carbons (Fsp3) is 0.280. The third-order valence-electron chi connectivity index (χ3n) is 5.91. The number of sulfonamides is 1. The third-order valence-corrected chi connectivity index (χ3v) is 9.73. The molecule has 0 aliphatic heterocycles. The van der Waals surface area contributed by atoms with Crippen LogP contribution < -0.4 is 0 Å². The maximum Gasteiger partial charge on any atom is 0.294 e. The molecule has 9 nitrogen and oxygen atoms in total. The first-order chi connectivity index (χ1) is 17.1. The molecule has 2 N–H and O–H groups in total. The van der Waals surface area contributed by atoms with Crippen LogP contribution in [0.5, 0.6) is 0 Å². The number of hydrogen-bond donors (Lipinski definition) is 2. The lowest BCUT2D eigenvalue weighted by atomic mass is 10.1. The van der Waals surface area contributed by atoms with Crippen molar-refractivity contribution in [3.63, 3.8) is 0 Å². The summed E-state index contributed by atoms with van der Waals surface area (Å²) in [5.74, 6) is 0. The Morgan fingerprint density at radius 1 is 0.595 bits per heavy atom. The van der Waals surface area contributed by atoms with Gasteiger partial charge in [0.25, 0.3) is 20.2 Å². The van der Waals surface area contributed by atoms with Crippen molar-refractivity contribution in [2.75, 3.05) is 13.1 Å². The Balaban J connectivity index is 2.00. The molecule has 0 aliphatic rings. The average molecular weight is 568 g/mol. The molecule has 3 aromatic rings. The molecule has 3 aromatic carbocycles. The minimum Gasteiger partial charge on any atom is -0.282 e. The highest BCUT2D eigenvalue weighted by Crippen LogP contribution is 2.23. The van der Waals surface area contributed by atoms with E-state index in [0.717, 1.165) is 21.0 Å². The molecule has 200 valence electrons. The topological polar surface area (TPSA) is 146 Å². The molecule has 0 unspecified atom stereocenters. The van der Waals surface area contributed by atoms with Crippen LogP contribution in [0.3, 0.4) is 0 Å². The Kier molecular flexibility index (Phi) is 8.62. The molecule has 12 heteroatoms. The Hall–Kier alpha value is -2.61. The zero-order chi connectivity index (χ0) is 27.6. The van der Waals surface area contributed by atoms with Crippen LogP contribution in [0.1, 0.15) is 27.8 Å². The predicted molar refractivity (Wildman–Crippen MR) is 139 cm³/mol. The summed E-state index contributed by atoms with van der Waals surface area (Å²) in [6, 6.07) is 15.0. The van der Waals surface area contributed by atoms with Crippen molar-refractivity contribution in [2.24, 2.45) is 0 Å².